The van der Waals surface area contributed by atoms with Crippen molar-refractivity contribution in [2.75, 3.05) is 26.7 Å². The highest BCUT2D eigenvalue weighted by Crippen LogP contribution is 2.19. The smallest absolute Gasteiger partial charge is 0.337 e. The molecule has 1 aliphatic heterocycles. The van der Waals surface area contributed by atoms with Crippen LogP contribution < -0.4 is 5.32 Å². The predicted octanol–water partition coefficient (Wildman–Crippen LogP) is 0.877. The Balaban J connectivity index is 0.00000220. The minimum absolute atomic E-state index is 0. The molecular weight excluding hydrogens is 316 g/mol. The molecule has 0 bridgehead atoms. The standard InChI is InChI=1S/C13H18N2O4S.ClH/c1-10-9-15(7-6-14-10)20(17,18)12-5-3-4-11(8-12)13(16)19-2;/h3-5,8,10,14H,6-7,9H2,1-2H3;1H/t10-;/m0./s1. The predicted molar refractivity (Wildman–Crippen MR) is 81.3 cm³/mol. The third-order valence-corrected chi connectivity index (χ3v) is 5.09. The second kappa shape index (κ2) is 7.22. The molecule has 1 aromatic rings. The van der Waals surface area contributed by atoms with Crippen LogP contribution >= 0.6 is 12.4 Å². The average molecular weight is 335 g/mol. The molecule has 0 spiro atoms. The molecular formula is C13H19ClN2O4S. The number of hydrogen-bond donors (Lipinski definition) is 1. The molecule has 1 aliphatic rings. The summed E-state index contributed by atoms with van der Waals surface area (Å²) in [4.78, 5) is 11.6. The summed E-state index contributed by atoms with van der Waals surface area (Å²) in [6.07, 6.45) is 0. The van der Waals surface area contributed by atoms with Gasteiger partial charge in [0.05, 0.1) is 17.6 Å². The summed E-state index contributed by atoms with van der Waals surface area (Å²) in [5, 5.41) is 3.19. The Bertz CT molecular complexity index is 606. The molecule has 8 heteroatoms. The minimum atomic E-state index is -3.57. The van der Waals surface area contributed by atoms with Crippen LogP contribution in [0.5, 0.6) is 0 Å². The van der Waals surface area contributed by atoms with E-state index in [2.05, 4.69) is 10.1 Å². The van der Waals surface area contributed by atoms with E-state index in [-0.39, 0.29) is 28.9 Å². The Kier molecular flexibility index (Phi) is 6.15. The Morgan fingerprint density at radius 2 is 2.14 bits per heavy atom. The van der Waals surface area contributed by atoms with Crippen molar-refractivity contribution in [3.63, 3.8) is 0 Å². The largest absolute Gasteiger partial charge is 0.465 e. The number of carbonyl (C=O) groups excluding carboxylic acids is 1. The van der Waals surface area contributed by atoms with E-state index in [0.29, 0.717) is 19.6 Å². The summed E-state index contributed by atoms with van der Waals surface area (Å²) in [5.74, 6) is -0.546. The first-order chi connectivity index (χ1) is 9.45. The number of carbonyl (C=O) groups is 1. The zero-order valence-electron chi connectivity index (χ0n) is 11.9. The molecule has 1 fully saturated rings. The fourth-order valence-electron chi connectivity index (χ4n) is 2.17. The molecule has 0 aliphatic carbocycles. The van der Waals surface area contributed by atoms with Gasteiger partial charge in [-0.05, 0) is 25.1 Å². The Labute approximate surface area is 130 Å². The Morgan fingerprint density at radius 3 is 2.76 bits per heavy atom. The summed E-state index contributed by atoms with van der Waals surface area (Å²) in [5.41, 5.74) is 0.233. The molecule has 21 heavy (non-hydrogen) atoms. The van der Waals surface area contributed by atoms with E-state index in [9.17, 15) is 13.2 Å². The number of benzene rings is 1. The number of halogens is 1. The van der Waals surface area contributed by atoms with E-state index in [4.69, 9.17) is 0 Å². The molecule has 1 atom stereocenters. The van der Waals surface area contributed by atoms with Crippen molar-refractivity contribution < 1.29 is 17.9 Å². The van der Waals surface area contributed by atoms with Crippen LogP contribution in [0.3, 0.4) is 0 Å². The van der Waals surface area contributed by atoms with Crippen LogP contribution in [0.1, 0.15) is 17.3 Å². The second-order valence-corrected chi connectivity index (χ2v) is 6.68. The second-order valence-electron chi connectivity index (χ2n) is 4.74. The minimum Gasteiger partial charge on any atom is -0.465 e. The van der Waals surface area contributed by atoms with Gasteiger partial charge in [-0.15, -0.1) is 12.4 Å². The third kappa shape index (κ3) is 3.94. The van der Waals surface area contributed by atoms with Crippen LogP contribution in [-0.4, -0.2) is 51.5 Å². The maximum absolute atomic E-state index is 12.5. The number of nitrogens with one attached hydrogen (secondary N) is 1. The van der Waals surface area contributed by atoms with Gasteiger partial charge in [0.25, 0.3) is 0 Å². The van der Waals surface area contributed by atoms with Crippen molar-refractivity contribution in [1.29, 1.82) is 0 Å². The van der Waals surface area contributed by atoms with Gasteiger partial charge >= 0.3 is 5.97 Å². The van der Waals surface area contributed by atoms with Gasteiger partial charge in [0.15, 0.2) is 0 Å². The monoisotopic (exact) mass is 334 g/mol. The van der Waals surface area contributed by atoms with Gasteiger partial charge in [0.1, 0.15) is 0 Å². The number of esters is 1. The van der Waals surface area contributed by atoms with E-state index in [1.165, 1.54) is 29.6 Å². The highest BCUT2D eigenvalue weighted by atomic mass is 35.5. The van der Waals surface area contributed by atoms with Crippen LogP contribution in [-0.2, 0) is 14.8 Å². The molecule has 1 N–H and O–H groups in total. The van der Waals surface area contributed by atoms with Crippen LogP contribution in [0.4, 0.5) is 0 Å². The molecule has 1 heterocycles. The summed E-state index contributed by atoms with van der Waals surface area (Å²) in [6.45, 7) is 3.41. The zero-order valence-corrected chi connectivity index (χ0v) is 13.5. The highest BCUT2D eigenvalue weighted by Gasteiger charge is 2.28. The maximum Gasteiger partial charge on any atom is 0.337 e. The van der Waals surface area contributed by atoms with Crippen LogP contribution in [0.15, 0.2) is 29.2 Å². The van der Waals surface area contributed by atoms with Crippen molar-refractivity contribution in [3.8, 4) is 0 Å². The van der Waals surface area contributed by atoms with Crippen LogP contribution in [0, 0.1) is 0 Å². The molecule has 0 unspecified atom stereocenters. The first-order valence-corrected chi connectivity index (χ1v) is 7.81. The number of sulfonamides is 1. The molecule has 0 saturated carbocycles. The lowest BCUT2D eigenvalue weighted by atomic mass is 10.2. The number of ether oxygens (including phenoxy) is 1. The van der Waals surface area contributed by atoms with Gasteiger partial charge in [-0.2, -0.15) is 4.31 Å². The summed E-state index contributed by atoms with van der Waals surface area (Å²) < 4.78 is 31.1. The van der Waals surface area contributed by atoms with Gasteiger partial charge in [0.2, 0.25) is 10.0 Å². The fraction of sp³-hybridized carbons (Fsp3) is 0.462. The van der Waals surface area contributed by atoms with Gasteiger partial charge in [0, 0.05) is 25.7 Å². The third-order valence-electron chi connectivity index (χ3n) is 3.22. The molecule has 0 aromatic heterocycles. The lowest BCUT2D eigenvalue weighted by Gasteiger charge is -2.31. The van der Waals surface area contributed by atoms with E-state index < -0.39 is 16.0 Å². The normalized spacial score (nSPS) is 19.6. The first kappa shape index (κ1) is 17.9. The van der Waals surface area contributed by atoms with Crippen LogP contribution in [0.25, 0.3) is 0 Å². The molecule has 6 nitrogen and oxygen atoms in total. The highest BCUT2D eigenvalue weighted by molar-refractivity contribution is 7.89. The van der Waals surface area contributed by atoms with Gasteiger partial charge in [-0.25, -0.2) is 13.2 Å². The summed E-state index contributed by atoms with van der Waals surface area (Å²) in [7, 11) is -2.31. The van der Waals surface area contributed by atoms with E-state index in [1.54, 1.807) is 6.07 Å². The number of hydrogen-bond acceptors (Lipinski definition) is 5. The van der Waals surface area contributed by atoms with Crippen LogP contribution in [0.2, 0.25) is 0 Å². The van der Waals surface area contributed by atoms with Crippen molar-refractivity contribution in [1.82, 2.24) is 9.62 Å². The van der Waals surface area contributed by atoms with Gasteiger partial charge in [-0.3, -0.25) is 0 Å². The molecule has 1 saturated heterocycles. The Hall–Kier alpha value is -1.15. The average Bonchev–Trinajstić information content (AvgIpc) is 2.46. The number of piperazine rings is 1. The molecule has 1 aromatic carbocycles. The lowest BCUT2D eigenvalue weighted by molar-refractivity contribution is 0.0600. The summed E-state index contributed by atoms with van der Waals surface area (Å²) >= 11 is 0. The SMILES string of the molecule is COC(=O)c1cccc(S(=O)(=O)N2CCN[C@@H](C)C2)c1.Cl. The molecule has 2 rings (SSSR count). The van der Waals surface area contributed by atoms with Crippen molar-refractivity contribution in [3.05, 3.63) is 29.8 Å². The number of rotatable bonds is 3. The fourth-order valence-corrected chi connectivity index (χ4v) is 3.74. The van der Waals surface area contributed by atoms with E-state index in [1.807, 2.05) is 6.92 Å². The van der Waals surface area contributed by atoms with Crippen molar-refractivity contribution in [2.24, 2.45) is 0 Å². The van der Waals surface area contributed by atoms with Gasteiger partial charge < -0.3 is 10.1 Å². The molecule has 118 valence electrons. The Morgan fingerprint density at radius 1 is 1.43 bits per heavy atom. The molecule has 0 amide bonds. The topological polar surface area (TPSA) is 75.7 Å². The number of methoxy groups -OCH3 is 1. The zero-order chi connectivity index (χ0) is 14.8. The van der Waals surface area contributed by atoms with E-state index >= 15 is 0 Å². The van der Waals surface area contributed by atoms with E-state index in [0.717, 1.165) is 0 Å². The van der Waals surface area contributed by atoms with Gasteiger partial charge in [-0.1, -0.05) is 6.07 Å². The number of nitrogens with zero attached hydrogens (tertiary/aromatic N) is 1. The lowest BCUT2D eigenvalue weighted by Crippen LogP contribution is -2.51. The van der Waals surface area contributed by atoms with Crippen molar-refractivity contribution in [2.45, 2.75) is 17.9 Å². The first-order valence-electron chi connectivity index (χ1n) is 6.37. The molecule has 0 radical (unpaired) electrons. The summed E-state index contributed by atoms with van der Waals surface area (Å²) in [6, 6.07) is 6.04. The quantitative estimate of drug-likeness (QED) is 0.830. The maximum atomic E-state index is 12.5. The van der Waals surface area contributed by atoms with Crippen molar-refractivity contribution >= 4 is 28.4 Å².